The highest BCUT2D eigenvalue weighted by Gasteiger charge is 2.47. The minimum absolute atomic E-state index is 0.0450. The van der Waals surface area contributed by atoms with Crippen LogP contribution < -0.4 is 15.4 Å². The molecular weight excluding hydrogens is 523 g/mol. The minimum Gasteiger partial charge on any atom is -0.496 e. The van der Waals surface area contributed by atoms with Gasteiger partial charge in [0.15, 0.2) is 6.04 Å². The summed E-state index contributed by atoms with van der Waals surface area (Å²) in [6, 6.07) is 7.79. The Balaban J connectivity index is 1.69. The van der Waals surface area contributed by atoms with Crippen LogP contribution in [0.2, 0.25) is 0 Å². The van der Waals surface area contributed by atoms with Crippen LogP contribution in [-0.2, 0) is 0 Å². The molecule has 9 nitrogen and oxygen atoms in total. The van der Waals surface area contributed by atoms with Crippen molar-refractivity contribution in [1.29, 1.82) is 0 Å². The molecule has 4 rings (SSSR count). The van der Waals surface area contributed by atoms with Crippen LogP contribution >= 0.6 is 15.9 Å². The van der Waals surface area contributed by atoms with Crippen LogP contribution in [0, 0.1) is 10.1 Å². The van der Waals surface area contributed by atoms with Crippen molar-refractivity contribution >= 4 is 39.0 Å². The number of anilines is 2. The Hall–Kier alpha value is -3.61. The molecule has 2 aromatic carbocycles. The molecule has 2 N–H and O–H groups in total. The Labute approximate surface area is 199 Å². The fraction of sp³-hybridized carbons (Fsp3) is 0.238. The van der Waals surface area contributed by atoms with Gasteiger partial charge in [-0.05, 0) is 17.7 Å². The molecule has 2 atom stereocenters. The van der Waals surface area contributed by atoms with Gasteiger partial charge < -0.3 is 15.4 Å². The quantitative estimate of drug-likeness (QED) is 0.328. The van der Waals surface area contributed by atoms with Gasteiger partial charge in [-0.25, -0.2) is 4.68 Å². The van der Waals surface area contributed by atoms with Crippen LogP contribution in [0.3, 0.4) is 0 Å². The Kier molecular flexibility index (Phi) is 6.21. The minimum atomic E-state index is -4.60. The predicted molar refractivity (Wildman–Crippen MR) is 120 cm³/mol. The number of alkyl halides is 3. The second-order valence-corrected chi connectivity index (χ2v) is 8.44. The van der Waals surface area contributed by atoms with E-state index in [1.165, 1.54) is 19.2 Å². The van der Waals surface area contributed by atoms with Gasteiger partial charge in [-0.15, -0.1) is 0 Å². The zero-order valence-electron chi connectivity index (χ0n) is 17.5. The van der Waals surface area contributed by atoms with E-state index in [4.69, 9.17) is 4.74 Å². The summed E-state index contributed by atoms with van der Waals surface area (Å²) in [6.07, 6.45) is -3.88. The Morgan fingerprint density at radius 3 is 2.62 bits per heavy atom. The summed E-state index contributed by atoms with van der Waals surface area (Å²) in [6.45, 7) is 0. The number of hydrogen-bond donors (Lipinski definition) is 2. The number of nitro groups is 1. The Morgan fingerprint density at radius 1 is 1.29 bits per heavy atom. The normalized spacial score (nSPS) is 17.4. The van der Waals surface area contributed by atoms with Crippen LogP contribution in [0.1, 0.15) is 34.4 Å². The summed E-state index contributed by atoms with van der Waals surface area (Å²) in [5.41, 5.74) is 0.196. The van der Waals surface area contributed by atoms with E-state index in [0.717, 1.165) is 21.4 Å². The number of methoxy groups -OCH3 is 1. The van der Waals surface area contributed by atoms with Crippen molar-refractivity contribution < 1.29 is 27.6 Å². The van der Waals surface area contributed by atoms with Crippen molar-refractivity contribution in [3.05, 3.63) is 74.4 Å². The number of hydrogen-bond acceptors (Lipinski definition) is 6. The van der Waals surface area contributed by atoms with Gasteiger partial charge >= 0.3 is 6.18 Å². The highest BCUT2D eigenvalue weighted by Crippen LogP contribution is 2.44. The van der Waals surface area contributed by atoms with E-state index in [2.05, 4.69) is 31.7 Å². The van der Waals surface area contributed by atoms with Gasteiger partial charge in [0.25, 0.3) is 11.6 Å². The maximum absolute atomic E-state index is 13.9. The molecule has 0 saturated heterocycles. The lowest BCUT2D eigenvalue weighted by Crippen LogP contribution is -2.36. The summed E-state index contributed by atoms with van der Waals surface area (Å²) >= 11 is 3.30. The number of aromatic nitrogens is 2. The molecule has 0 aliphatic carbocycles. The second kappa shape index (κ2) is 8.97. The van der Waals surface area contributed by atoms with E-state index in [-0.39, 0.29) is 34.9 Å². The fourth-order valence-electron chi connectivity index (χ4n) is 3.72. The maximum atomic E-state index is 13.9. The van der Waals surface area contributed by atoms with E-state index in [1.54, 1.807) is 24.3 Å². The first-order valence-electron chi connectivity index (χ1n) is 9.88. The third-order valence-electron chi connectivity index (χ3n) is 5.35. The smallest absolute Gasteiger partial charge is 0.410 e. The monoisotopic (exact) mass is 539 g/mol. The first-order valence-corrected chi connectivity index (χ1v) is 10.7. The van der Waals surface area contributed by atoms with Crippen molar-refractivity contribution in [2.24, 2.45) is 0 Å². The van der Waals surface area contributed by atoms with E-state index in [1.807, 2.05) is 0 Å². The van der Waals surface area contributed by atoms with Gasteiger partial charge in [-0.1, -0.05) is 28.1 Å². The van der Waals surface area contributed by atoms with Gasteiger partial charge in [0.05, 0.1) is 36.0 Å². The van der Waals surface area contributed by atoms with Crippen LogP contribution in [0.4, 0.5) is 30.4 Å². The lowest BCUT2D eigenvalue weighted by molar-refractivity contribution is -0.384. The number of halogens is 4. The number of non-ortho nitro benzene ring substituents is 1. The molecule has 2 heterocycles. The number of nitrogens with zero attached hydrogens (tertiary/aromatic N) is 3. The lowest BCUT2D eigenvalue weighted by Gasteiger charge is -2.34. The van der Waals surface area contributed by atoms with Gasteiger partial charge in [0.1, 0.15) is 17.1 Å². The molecule has 1 amide bonds. The molecule has 0 radical (unpaired) electrons. The van der Waals surface area contributed by atoms with Gasteiger partial charge in [0, 0.05) is 23.0 Å². The topological polar surface area (TPSA) is 111 Å². The van der Waals surface area contributed by atoms with Crippen molar-refractivity contribution in [2.45, 2.75) is 24.7 Å². The number of rotatable bonds is 5. The molecule has 1 aliphatic heterocycles. The summed E-state index contributed by atoms with van der Waals surface area (Å²) in [4.78, 5) is 23.5. The number of carbonyl (C=O) groups is 1. The number of benzene rings is 2. The molecule has 0 spiro atoms. The lowest BCUT2D eigenvalue weighted by atomic mass is 9.96. The van der Waals surface area contributed by atoms with Gasteiger partial charge in [-0.3, -0.25) is 14.9 Å². The van der Waals surface area contributed by atoms with Gasteiger partial charge in [0.2, 0.25) is 0 Å². The van der Waals surface area contributed by atoms with Crippen molar-refractivity contribution in [3.8, 4) is 5.75 Å². The molecule has 13 heteroatoms. The van der Waals surface area contributed by atoms with E-state index >= 15 is 0 Å². The van der Waals surface area contributed by atoms with Crippen LogP contribution in [0.25, 0.3) is 0 Å². The second-order valence-electron chi connectivity index (χ2n) is 7.52. The molecule has 0 unspecified atom stereocenters. The fourth-order valence-corrected chi connectivity index (χ4v) is 3.98. The number of nitro benzene ring substituents is 1. The number of amides is 1. The zero-order valence-corrected chi connectivity index (χ0v) is 19.1. The number of fused-ring (bicyclic) bond motifs is 1. The summed E-state index contributed by atoms with van der Waals surface area (Å²) < 4.78 is 48.1. The summed E-state index contributed by atoms with van der Waals surface area (Å²) in [5, 5.41) is 20.4. The van der Waals surface area contributed by atoms with E-state index in [0.29, 0.717) is 5.56 Å². The molecule has 0 fully saturated rings. The highest BCUT2D eigenvalue weighted by molar-refractivity contribution is 9.10. The largest absolute Gasteiger partial charge is 0.496 e. The predicted octanol–water partition coefficient (Wildman–Crippen LogP) is 5.48. The summed E-state index contributed by atoms with van der Waals surface area (Å²) in [7, 11) is 1.31. The molecule has 34 heavy (non-hydrogen) atoms. The molecule has 3 aromatic rings. The van der Waals surface area contributed by atoms with Crippen molar-refractivity contribution in [1.82, 2.24) is 9.78 Å². The first-order chi connectivity index (χ1) is 16.1. The maximum Gasteiger partial charge on any atom is 0.410 e. The summed E-state index contributed by atoms with van der Waals surface area (Å²) in [5.74, 6) is -0.753. The third kappa shape index (κ3) is 4.69. The molecule has 1 aromatic heterocycles. The van der Waals surface area contributed by atoms with Crippen molar-refractivity contribution in [2.75, 3.05) is 17.7 Å². The third-order valence-corrected chi connectivity index (χ3v) is 5.88. The average Bonchev–Trinajstić information content (AvgIpc) is 3.22. The molecular formula is C21H17BrF3N5O4. The Morgan fingerprint density at radius 2 is 2.00 bits per heavy atom. The van der Waals surface area contributed by atoms with E-state index < -0.39 is 29.1 Å². The van der Waals surface area contributed by atoms with Crippen molar-refractivity contribution in [3.63, 3.8) is 0 Å². The average molecular weight is 540 g/mol. The zero-order chi connectivity index (χ0) is 24.6. The molecule has 0 saturated carbocycles. The first kappa shape index (κ1) is 23.5. The standard InChI is InChI=1S/C21H17BrF3N5O4/c1-34-15-7-13(6-14(8-15)30(32)33)27-20(31)16-10-26-29-18(21(23,24)25)9-17(28-19(16)29)11-2-4-12(22)5-3-11/h2-8,10,17-18,28H,9H2,1H3,(H,27,31)/t17-,18+/m0/s1. The number of carbonyl (C=O) groups excluding carboxylic acids is 1. The van der Waals surface area contributed by atoms with Crippen LogP contribution in [-0.4, -0.2) is 33.9 Å². The number of nitrogens with one attached hydrogen (secondary N) is 2. The van der Waals surface area contributed by atoms with Gasteiger partial charge in [-0.2, -0.15) is 18.3 Å². The van der Waals surface area contributed by atoms with Crippen LogP contribution in [0.5, 0.6) is 5.75 Å². The van der Waals surface area contributed by atoms with Crippen LogP contribution in [0.15, 0.2) is 53.1 Å². The number of ether oxygens (including phenoxy) is 1. The highest BCUT2D eigenvalue weighted by atomic mass is 79.9. The van der Waals surface area contributed by atoms with E-state index in [9.17, 15) is 28.1 Å². The molecule has 0 bridgehead atoms. The molecule has 1 aliphatic rings. The SMILES string of the molecule is COc1cc(NC(=O)c2cnn3c2N[C@H](c2ccc(Br)cc2)C[C@@H]3C(F)(F)F)cc([N+](=O)[O-])c1. The Bertz CT molecular complexity index is 1250. The molecule has 178 valence electrons.